The van der Waals surface area contributed by atoms with E-state index in [1.54, 1.807) is 28.8 Å². The number of hydrogen-bond acceptors (Lipinski definition) is 4. The average Bonchev–Trinajstić information content (AvgIpc) is 3.16. The van der Waals surface area contributed by atoms with E-state index in [0.29, 0.717) is 16.2 Å². The molecule has 2 N–H and O–H groups in total. The van der Waals surface area contributed by atoms with Crippen LogP contribution in [0.1, 0.15) is 16.1 Å². The minimum Gasteiger partial charge on any atom is -0.477 e. The van der Waals surface area contributed by atoms with E-state index in [2.05, 4.69) is 10.3 Å². The van der Waals surface area contributed by atoms with Gasteiger partial charge in [0.1, 0.15) is 12.9 Å². The van der Waals surface area contributed by atoms with Crippen molar-refractivity contribution in [2.45, 2.75) is 6.61 Å². The molecule has 2 aromatic heterocycles. The van der Waals surface area contributed by atoms with Crippen LogP contribution < -0.4 is 5.32 Å². The monoisotopic (exact) mass is 421 g/mol. The number of rotatable bonds is 5. The van der Waals surface area contributed by atoms with Crippen molar-refractivity contribution in [1.29, 1.82) is 0 Å². The fourth-order valence-corrected chi connectivity index (χ4v) is 3.23. The standard InChI is InChI=1S/C22H16ClN3O4/c23-17-6-15(16-8-19-10-20(21(27)28)24-13-26(19)11-16)7-18(9-17)25-22(29)30-12-14-4-2-1-3-5-14/h1-11,13H,12H2,(H,25,29)(H,27,28). The summed E-state index contributed by atoms with van der Waals surface area (Å²) in [5.74, 6) is -1.09. The molecule has 4 aromatic rings. The second kappa shape index (κ2) is 8.26. The number of aromatic carboxylic acids is 1. The van der Waals surface area contributed by atoms with Crippen molar-refractivity contribution in [1.82, 2.24) is 9.38 Å². The van der Waals surface area contributed by atoms with Gasteiger partial charge in [-0.25, -0.2) is 14.6 Å². The lowest BCUT2D eigenvalue weighted by atomic mass is 10.1. The zero-order valence-corrected chi connectivity index (χ0v) is 16.3. The molecule has 1 amide bonds. The van der Waals surface area contributed by atoms with Gasteiger partial charge in [-0.3, -0.25) is 5.32 Å². The molecule has 0 radical (unpaired) electrons. The number of halogens is 1. The second-order valence-corrected chi connectivity index (χ2v) is 6.99. The fraction of sp³-hybridized carbons (Fsp3) is 0.0455. The number of benzene rings is 2. The number of amides is 1. The highest BCUT2D eigenvalue weighted by Crippen LogP contribution is 2.29. The Balaban J connectivity index is 1.53. The number of carboxylic acids is 1. The first-order valence-corrected chi connectivity index (χ1v) is 9.35. The quantitative estimate of drug-likeness (QED) is 0.467. The van der Waals surface area contributed by atoms with Gasteiger partial charge in [-0.15, -0.1) is 0 Å². The Morgan fingerprint density at radius 1 is 1.07 bits per heavy atom. The third kappa shape index (κ3) is 4.42. The molecule has 0 aliphatic carbocycles. The maximum absolute atomic E-state index is 12.1. The van der Waals surface area contributed by atoms with Crippen LogP contribution in [0.25, 0.3) is 16.6 Å². The summed E-state index contributed by atoms with van der Waals surface area (Å²) in [5.41, 5.74) is 3.55. The number of carboxylic acid groups (broad SMARTS) is 1. The summed E-state index contributed by atoms with van der Waals surface area (Å²) < 4.78 is 6.95. The van der Waals surface area contributed by atoms with Gasteiger partial charge in [0, 0.05) is 28.0 Å². The first-order valence-electron chi connectivity index (χ1n) is 8.98. The Kier molecular flexibility index (Phi) is 5.36. The first kappa shape index (κ1) is 19.5. The van der Waals surface area contributed by atoms with Crippen molar-refractivity contribution >= 4 is 34.9 Å². The van der Waals surface area contributed by atoms with E-state index in [9.17, 15) is 9.59 Å². The van der Waals surface area contributed by atoms with Crippen molar-refractivity contribution in [2.24, 2.45) is 0 Å². The Morgan fingerprint density at radius 2 is 1.87 bits per heavy atom. The van der Waals surface area contributed by atoms with Crippen molar-refractivity contribution in [3.05, 3.63) is 89.5 Å². The largest absolute Gasteiger partial charge is 0.477 e. The molecule has 0 saturated carbocycles. The molecule has 2 aromatic carbocycles. The third-order valence-corrected chi connectivity index (χ3v) is 4.61. The molecular weight excluding hydrogens is 406 g/mol. The molecule has 30 heavy (non-hydrogen) atoms. The highest BCUT2D eigenvalue weighted by Gasteiger charge is 2.11. The van der Waals surface area contributed by atoms with Crippen LogP contribution in [0.4, 0.5) is 10.5 Å². The first-order chi connectivity index (χ1) is 14.5. The maximum Gasteiger partial charge on any atom is 0.411 e. The molecule has 0 bridgehead atoms. The van der Waals surface area contributed by atoms with E-state index in [4.69, 9.17) is 21.4 Å². The van der Waals surface area contributed by atoms with E-state index in [0.717, 1.165) is 16.7 Å². The molecule has 0 spiro atoms. The van der Waals surface area contributed by atoms with Crippen molar-refractivity contribution in [2.75, 3.05) is 5.32 Å². The van der Waals surface area contributed by atoms with Crippen LogP contribution in [0, 0.1) is 0 Å². The van der Waals surface area contributed by atoms with Crippen LogP contribution in [0.15, 0.2) is 73.2 Å². The molecule has 0 aliphatic rings. The molecule has 150 valence electrons. The van der Waals surface area contributed by atoms with Crippen LogP contribution in [-0.4, -0.2) is 26.6 Å². The number of ether oxygens (including phenoxy) is 1. The molecule has 0 saturated heterocycles. The second-order valence-electron chi connectivity index (χ2n) is 6.56. The summed E-state index contributed by atoms with van der Waals surface area (Å²) in [7, 11) is 0. The van der Waals surface area contributed by atoms with Gasteiger partial charge in [0.25, 0.3) is 0 Å². The number of nitrogens with one attached hydrogen (secondary N) is 1. The van der Waals surface area contributed by atoms with Gasteiger partial charge in [0.2, 0.25) is 0 Å². The fourth-order valence-electron chi connectivity index (χ4n) is 2.99. The number of carbonyl (C=O) groups is 2. The minimum absolute atomic E-state index is 0.0400. The number of aromatic nitrogens is 2. The van der Waals surface area contributed by atoms with Crippen LogP contribution in [0.5, 0.6) is 0 Å². The lowest BCUT2D eigenvalue weighted by Gasteiger charge is -2.09. The van der Waals surface area contributed by atoms with Gasteiger partial charge in [-0.05, 0) is 41.5 Å². The van der Waals surface area contributed by atoms with Crippen LogP contribution in [-0.2, 0) is 11.3 Å². The Hall–Kier alpha value is -3.84. The normalized spacial score (nSPS) is 10.7. The van der Waals surface area contributed by atoms with Gasteiger partial charge in [-0.1, -0.05) is 41.9 Å². The summed E-state index contributed by atoms with van der Waals surface area (Å²) in [6.07, 6.45) is 2.65. The highest BCUT2D eigenvalue weighted by atomic mass is 35.5. The zero-order chi connectivity index (χ0) is 21.1. The molecule has 0 aliphatic heterocycles. The van der Waals surface area contributed by atoms with Gasteiger partial charge in [0.15, 0.2) is 5.69 Å². The topological polar surface area (TPSA) is 92.9 Å². The molecule has 0 fully saturated rings. The van der Waals surface area contributed by atoms with Gasteiger partial charge < -0.3 is 14.2 Å². The Labute approximate surface area is 176 Å². The third-order valence-electron chi connectivity index (χ3n) is 4.39. The molecule has 4 rings (SSSR count). The molecule has 8 heteroatoms. The van der Waals surface area contributed by atoms with Crippen LogP contribution >= 0.6 is 11.6 Å². The van der Waals surface area contributed by atoms with E-state index in [1.807, 2.05) is 36.4 Å². The molecule has 0 atom stereocenters. The van der Waals surface area contributed by atoms with Crippen LogP contribution in [0.2, 0.25) is 5.02 Å². The predicted molar refractivity (Wildman–Crippen MR) is 113 cm³/mol. The summed E-state index contributed by atoms with van der Waals surface area (Å²) >= 11 is 6.23. The average molecular weight is 422 g/mol. The Bertz CT molecular complexity index is 1240. The number of hydrogen-bond donors (Lipinski definition) is 2. The van der Waals surface area contributed by atoms with Gasteiger partial charge in [-0.2, -0.15) is 0 Å². The predicted octanol–water partition coefficient (Wildman–Crippen LogP) is 5.10. The SMILES string of the molecule is O=C(Nc1cc(Cl)cc(-c2cc3cc(C(=O)O)ncn3c2)c1)OCc1ccccc1. The van der Waals surface area contributed by atoms with Crippen LogP contribution in [0.3, 0.4) is 0 Å². The smallest absolute Gasteiger partial charge is 0.411 e. The molecule has 0 unspecified atom stereocenters. The number of carbonyl (C=O) groups excluding carboxylic acids is 1. The summed E-state index contributed by atoms with van der Waals surface area (Å²) in [4.78, 5) is 27.2. The van der Waals surface area contributed by atoms with Crippen molar-refractivity contribution < 1.29 is 19.4 Å². The summed E-state index contributed by atoms with van der Waals surface area (Å²) in [5, 5.41) is 12.2. The number of nitrogens with zero attached hydrogens (tertiary/aromatic N) is 2. The van der Waals surface area contributed by atoms with Gasteiger partial charge >= 0.3 is 12.1 Å². The number of fused-ring (bicyclic) bond motifs is 1. The molecule has 7 nitrogen and oxygen atoms in total. The number of anilines is 1. The molecule has 2 heterocycles. The van der Waals surface area contributed by atoms with Crippen molar-refractivity contribution in [3.63, 3.8) is 0 Å². The Morgan fingerprint density at radius 3 is 2.63 bits per heavy atom. The lowest BCUT2D eigenvalue weighted by Crippen LogP contribution is -2.13. The van der Waals surface area contributed by atoms with Crippen molar-refractivity contribution in [3.8, 4) is 11.1 Å². The van der Waals surface area contributed by atoms with E-state index in [1.165, 1.54) is 12.4 Å². The maximum atomic E-state index is 12.1. The van der Waals surface area contributed by atoms with E-state index >= 15 is 0 Å². The zero-order valence-electron chi connectivity index (χ0n) is 15.6. The summed E-state index contributed by atoms with van der Waals surface area (Å²) in [6.45, 7) is 0.157. The lowest BCUT2D eigenvalue weighted by molar-refractivity contribution is 0.0690. The van der Waals surface area contributed by atoms with E-state index < -0.39 is 12.1 Å². The summed E-state index contributed by atoms with van der Waals surface area (Å²) in [6, 6.07) is 17.8. The molecular formula is C22H16ClN3O4. The van der Waals surface area contributed by atoms with E-state index in [-0.39, 0.29) is 12.3 Å². The minimum atomic E-state index is -1.09. The van der Waals surface area contributed by atoms with Gasteiger partial charge in [0.05, 0.1) is 0 Å². The highest BCUT2D eigenvalue weighted by molar-refractivity contribution is 6.31.